The summed E-state index contributed by atoms with van der Waals surface area (Å²) in [6.07, 6.45) is -0.507. The van der Waals surface area contributed by atoms with Gasteiger partial charge in [0.1, 0.15) is 35.9 Å². The topological polar surface area (TPSA) is 86.7 Å². The molecule has 0 unspecified atom stereocenters. The lowest BCUT2D eigenvalue weighted by Gasteiger charge is -2.26. The number of carbonyl (C=O) groups excluding carboxylic acids is 4. The van der Waals surface area contributed by atoms with Gasteiger partial charge in [0.25, 0.3) is 0 Å². The molecule has 29 heavy (non-hydrogen) atoms. The molecule has 0 fully saturated rings. The van der Waals surface area contributed by atoms with E-state index < -0.39 is 11.9 Å². The summed E-state index contributed by atoms with van der Waals surface area (Å²) in [4.78, 5) is 45.1. The lowest BCUT2D eigenvalue weighted by molar-refractivity contribution is -0.139. The number of ketones is 2. The number of Topliss-reactive ketones (excluding diaryl/α,β-unsaturated/α-hetero) is 2. The molecule has 0 heterocycles. The third kappa shape index (κ3) is 6.38. The third-order valence-corrected chi connectivity index (χ3v) is 4.40. The van der Waals surface area contributed by atoms with Crippen molar-refractivity contribution < 1.29 is 28.7 Å². The predicted molar refractivity (Wildman–Crippen MR) is 107 cm³/mol. The molecule has 0 aromatic heterocycles. The standard InChI is InChI=1S/C23H24O6/c1-15(24)13-21(26)28-19-9-5-17(6-10-19)23(3,4)18-7-11-20(12-8-18)29-22(27)14-16(2)25/h5-12H,13-14H2,1-4H3. The molecule has 0 saturated heterocycles. The average molecular weight is 396 g/mol. The third-order valence-electron chi connectivity index (χ3n) is 4.40. The van der Waals surface area contributed by atoms with E-state index in [-0.39, 0.29) is 29.8 Å². The van der Waals surface area contributed by atoms with Gasteiger partial charge < -0.3 is 9.47 Å². The molecule has 6 heteroatoms. The molecule has 0 saturated carbocycles. The van der Waals surface area contributed by atoms with Crippen molar-refractivity contribution in [2.75, 3.05) is 0 Å². The highest BCUT2D eigenvalue weighted by Gasteiger charge is 2.23. The molecule has 0 atom stereocenters. The number of ether oxygens (including phenoxy) is 2. The monoisotopic (exact) mass is 396 g/mol. The van der Waals surface area contributed by atoms with Gasteiger partial charge in [0, 0.05) is 5.41 Å². The first-order valence-corrected chi connectivity index (χ1v) is 9.19. The maximum Gasteiger partial charge on any atom is 0.318 e. The minimum absolute atomic E-state index is 0.247. The van der Waals surface area contributed by atoms with Crippen LogP contribution in [-0.4, -0.2) is 23.5 Å². The molecule has 0 aliphatic carbocycles. The molecular weight excluding hydrogens is 372 g/mol. The van der Waals surface area contributed by atoms with Crippen LogP contribution in [0.1, 0.15) is 51.7 Å². The van der Waals surface area contributed by atoms with Crippen molar-refractivity contribution >= 4 is 23.5 Å². The summed E-state index contributed by atoms with van der Waals surface area (Å²) in [7, 11) is 0. The molecule has 0 aliphatic rings. The lowest BCUT2D eigenvalue weighted by Crippen LogP contribution is -2.19. The van der Waals surface area contributed by atoms with Crippen molar-refractivity contribution in [1.82, 2.24) is 0 Å². The van der Waals surface area contributed by atoms with Crippen LogP contribution in [0.3, 0.4) is 0 Å². The predicted octanol–water partition coefficient (Wildman–Crippen LogP) is 3.78. The summed E-state index contributed by atoms with van der Waals surface area (Å²) in [6.45, 7) is 6.76. The molecule has 0 aliphatic heterocycles. The fourth-order valence-electron chi connectivity index (χ4n) is 2.79. The molecule has 0 bridgehead atoms. The van der Waals surface area contributed by atoms with Gasteiger partial charge in [-0.15, -0.1) is 0 Å². The van der Waals surface area contributed by atoms with Crippen LogP contribution in [0, 0.1) is 0 Å². The zero-order chi connectivity index (χ0) is 21.6. The highest BCUT2D eigenvalue weighted by molar-refractivity contribution is 5.95. The maximum atomic E-state index is 11.6. The molecule has 0 radical (unpaired) electrons. The van der Waals surface area contributed by atoms with Gasteiger partial charge in [0.05, 0.1) is 0 Å². The number of hydrogen-bond acceptors (Lipinski definition) is 6. The zero-order valence-corrected chi connectivity index (χ0v) is 17.0. The van der Waals surface area contributed by atoms with Crippen LogP contribution in [0.2, 0.25) is 0 Å². The average Bonchev–Trinajstić information content (AvgIpc) is 2.61. The maximum absolute atomic E-state index is 11.6. The Labute approximate surface area is 169 Å². The van der Waals surface area contributed by atoms with Crippen LogP contribution in [-0.2, 0) is 24.6 Å². The molecule has 0 N–H and O–H groups in total. The smallest absolute Gasteiger partial charge is 0.318 e. The minimum atomic E-state index is -0.584. The number of hydrogen-bond donors (Lipinski definition) is 0. The van der Waals surface area contributed by atoms with E-state index in [0.29, 0.717) is 11.5 Å². The fraction of sp³-hybridized carbons (Fsp3) is 0.304. The summed E-state index contributed by atoms with van der Waals surface area (Å²) in [6, 6.07) is 14.2. The Bertz CT molecular complexity index is 832. The van der Waals surface area contributed by atoms with E-state index in [0.717, 1.165) is 11.1 Å². The van der Waals surface area contributed by atoms with E-state index >= 15 is 0 Å². The fourth-order valence-corrected chi connectivity index (χ4v) is 2.79. The summed E-state index contributed by atoms with van der Waals surface area (Å²) in [5.74, 6) is -0.905. The van der Waals surface area contributed by atoms with E-state index in [9.17, 15) is 19.2 Å². The molecule has 0 amide bonds. The summed E-state index contributed by atoms with van der Waals surface area (Å²) in [5.41, 5.74) is 1.62. The second-order valence-electron chi connectivity index (χ2n) is 7.38. The molecule has 2 aromatic rings. The zero-order valence-electron chi connectivity index (χ0n) is 17.0. The van der Waals surface area contributed by atoms with E-state index in [1.54, 1.807) is 24.3 Å². The number of rotatable bonds is 8. The second-order valence-corrected chi connectivity index (χ2v) is 7.38. The minimum Gasteiger partial charge on any atom is -0.426 e. The molecule has 0 spiro atoms. The molecule has 6 nitrogen and oxygen atoms in total. The quantitative estimate of drug-likeness (QED) is 0.383. The Morgan fingerprint density at radius 1 is 0.655 bits per heavy atom. The van der Waals surface area contributed by atoms with Gasteiger partial charge in [-0.2, -0.15) is 0 Å². The number of carbonyl (C=O) groups is 4. The molecule has 152 valence electrons. The first-order chi connectivity index (χ1) is 13.6. The normalized spacial score (nSPS) is 10.9. The SMILES string of the molecule is CC(=O)CC(=O)Oc1ccc(C(C)(C)c2ccc(OC(=O)CC(C)=O)cc2)cc1. The molecule has 2 rings (SSSR count). The number of esters is 2. The van der Waals surface area contributed by atoms with Gasteiger partial charge in [-0.05, 0) is 49.2 Å². The van der Waals surface area contributed by atoms with Crippen molar-refractivity contribution in [3.8, 4) is 11.5 Å². The van der Waals surface area contributed by atoms with Crippen molar-refractivity contribution in [3.05, 3.63) is 59.7 Å². The first kappa shape index (κ1) is 22.0. The van der Waals surface area contributed by atoms with Crippen LogP contribution in [0.5, 0.6) is 11.5 Å². The van der Waals surface area contributed by atoms with Crippen molar-refractivity contribution in [1.29, 1.82) is 0 Å². The van der Waals surface area contributed by atoms with Crippen molar-refractivity contribution in [3.63, 3.8) is 0 Å². The van der Waals surface area contributed by atoms with Gasteiger partial charge in [0.15, 0.2) is 0 Å². The van der Waals surface area contributed by atoms with E-state index in [2.05, 4.69) is 0 Å². The summed E-state index contributed by atoms with van der Waals surface area (Å²) >= 11 is 0. The van der Waals surface area contributed by atoms with Crippen LogP contribution in [0.15, 0.2) is 48.5 Å². The first-order valence-electron chi connectivity index (χ1n) is 9.19. The van der Waals surface area contributed by atoms with Crippen LogP contribution >= 0.6 is 0 Å². The molecular formula is C23H24O6. The van der Waals surface area contributed by atoms with Crippen molar-refractivity contribution in [2.24, 2.45) is 0 Å². The van der Waals surface area contributed by atoms with E-state index in [4.69, 9.17) is 9.47 Å². The van der Waals surface area contributed by atoms with E-state index in [1.807, 2.05) is 38.1 Å². The van der Waals surface area contributed by atoms with Gasteiger partial charge in [-0.25, -0.2) is 0 Å². The van der Waals surface area contributed by atoms with E-state index in [1.165, 1.54) is 13.8 Å². The highest BCUT2D eigenvalue weighted by atomic mass is 16.5. The van der Waals surface area contributed by atoms with Crippen molar-refractivity contribution in [2.45, 2.75) is 46.0 Å². The van der Waals surface area contributed by atoms with Crippen LogP contribution < -0.4 is 9.47 Å². The summed E-state index contributed by atoms with van der Waals surface area (Å²) in [5, 5.41) is 0. The molecule has 2 aromatic carbocycles. The Morgan fingerprint density at radius 3 is 1.24 bits per heavy atom. The highest BCUT2D eigenvalue weighted by Crippen LogP contribution is 2.33. The second kappa shape index (κ2) is 9.28. The Morgan fingerprint density at radius 2 is 0.966 bits per heavy atom. The van der Waals surface area contributed by atoms with Gasteiger partial charge >= 0.3 is 11.9 Å². The number of benzene rings is 2. The Kier molecular flexibility index (Phi) is 7.04. The summed E-state index contributed by atoms with van der Waals surface area (Å²) < 4.78 is 10.3. The van der Waals surface area contributed by atoms with Crippen LogP contribution in [0.4, 0.5) is 0 Å². The Hall–Kier alpha value is -3.28. The van der Waals surface area contributed by atoms with Gasteiger partial charge in [-0.3, -0.25) is 19.2 Å². The van der Waals surface area contributed by atoms with Gasteiger partial charge in [0.2, 0.25) is 0 Å². The van der Waals surface area contributed by atoms with Crippen LogP contribution in [0.25, 0.3) is 0 Å². The Balaban J connectivity index is 2.09. The largest absolute Gasteiger partial charge is 0.426 e. The van der Waals surface area contributed by atoms with Gasteiger partial charge in [-0.1, -0.05) is 38.1 Å². The lowest BCUT2D eigenvalue weighted by atomic mass is 9.78.